The highest BCUT2D eigenvalue weighted by Gasteiger charge is 2.41. The maximum absolute atomic E-state index is 6.08. The lowest BCUT2D eigenvalue weighted by molar-refractivity contribution is -1.12. The number of hydrogen-bond acceptors (Lipinski definition) is 1. The fraction of sp³-hybridized carbons (Fsp3) is 0.895. The Balaban J connectivity index is 5.15. The van der Waals surface area contributed by atoms with E-state index in [1.165, 1.54) is 50.5 Å². The number of nitrogens with zero attached hydrogens (tertiary/aromatic N) is 1. The smallest absolute Gasteiger partial charge is 0.140 e. The van der Waals surface area contributed by atoms with Crippen LogP contribution in [0.3, 0.4) is 0 Å². The van der Waals surface area contributed by atoms with E-state index in [2.05, 4.69) is 41.3 Å². The van der Waals surface area contributed by atoms with Gasteiger partial charge in [0.15, 0.2) is 0 Å². The van der Waals surface area contributed by atoms with E-state index in [0.717, 1.165) is 12.8 Å². The normalized spacial score (nSPS) is 17.2. The molecule has 3 unspecified atom stereocenters. The second-order valence-electron chi connectivity index (χ2n) is 6.51. The first-order chi connectivity index (χ1) is 10.0. The van der Waals surface area contributed by atoms with E-state index in [1.807, 2.05) is 7.11 Å². The Morgan fingerprint density at radius 1 is 1.00 bits per heavy atom. The van der Waals surface area contributed by atoms with Crippen molar-refractivity contribution in [2.24, 2.45) is 0 Å². The third kappa shape index (κ3) is 6.12. The van der Waals surface area contributed by atoms with Crippen molar-refractivity contribution in [1.82, 2.24) is 0 Å². The van der Waals surface area contributed by atoms with Crippen LogP contribution < -0.4 is 0 Å². The summed E-state index contributed by atoms with van der Waals surface area (Å²) in [5.74, 6) is 0. The van der Waals surface area contributed by atoms with Gasteiger partial charge < -0.3 is 0 Å². The molecule has 0 aromatic heterocycles. The minimum atomic E-state index is 0.426. The van der Waals surface area contributed by atoms with Gasteiger partial charge in [-0.3, -0.25) is 0 Å². The lowest BCUT2D eigenvalue weighted by atomic mass is 9.94. The van der Waals surface area contributed by atoms with Crippen molar-refractivity contribution in [3.8, 4) is 0 Å². The zero-order valence-corrected chi connectivity index (χ0v) is 15.6. The summed E-state index contributed by atoms with van der Waals surface area (Å²) in [6, 6.07) is 1.01. The van der Waals surface area contributed by atoms with E-state index >= 15 is 0 Å². The highest BCUT2D eigenvalue weighted by molar-refractivity contribution is 5.02. The average molecular weight is 299 g/mol. The molecule has 3 atom stereocenters. The molecule has 0 saturated heterocycles. The van der Waals surface area contributed by atoms with E-state index in [-0.39, 0.29) is 0 Å². The van der Waals surface area contributed by atoms with E-state index in [4.69, 9.17) is 4.84 Å². The third-order valence-corrected chi connectivity index (χ3v) is 4.96. The summed E-state index contributed by atoms with van der Waals surface area (Å²) in [5, 5.41) is 0. The molecule has 0 rings (SSSR count). The predicted octanol–water partition coefficient (Wildman–Crippen LogP) is 5.88. The van der Waals surface area contributed by atoms with Gasteiger partial charge in [-0.15, -0.1) is 0 Å². The van der Waals surface area contributed by atoms with Crippen molar-refractivity contribution in [2.75, 3.05) is 14.2 Å². The Kier molecular flexibility index (Phi) is 11.1. The summed E-state index contributed by atoms with van der Waals surface area (Å²) >= 11 is 0. The van der Waals surface area contributed by atoms with Crippen LogP contribution in [-0.4, -0.2) is 30.9 Å². The first-order valence-electron chi connectivity index (χ1n) is 9.10. The Morgan fingerprint density at radius 3 is 2.05 bits per heavy atom. The number of hydroxylamine groups is 3. The van der Waals surface area contributed by atoms with Crippen molar-refractivity contribution >= 4 is 0 Å². The van der Waals surface area contributed by atoms with Crippen molar-refractivity contribution in [3.05, 3.63) is 12.2 Å². The van der Waals surface area contributed by atoms with Gasteiger partial charge in [-0.1, -0.05) is 53.5 Å². The molecule has 0 N–H and O–H groups in total. The van der Waals surface area contributed by atoms with Crippen molar-refractivity contribution in [3.63, 3.8) is 0 Å². The standard InChI is InChI=1S/C19H40NO/c1-8-12-15-17(5)19(11-4)20(6,21-7)18(14-10-3)16-13-9-2/h18-19H,5,8-16H2,1-4,6-7H3/q+1. The topological polar surface area (TPSA) is 9.23 Å². The molecule has 0 aliphatic rings. The molecule has 0 aromatic carbocycles. The number of likely N-dealkylation sites (N-methyl/N-ethyl adjacent to an activating group) is 1. The Labute approximate surface area is 134 Å². The molecule has 0 aliphatic carbocycles. The molecule has 0 bridgehead atoms. The average Bonchev–Trinajstić information content (AvgIpc) is 2.49. The van der Waals surface area contributed by atoms with Gasteiger partial charge in [-0.2, -0.15) is 4.65 Å². The van der Waals surface area contributed by atoms with Gasteiger partial charge in [-0.25, -0.2) is 4.84 Å². The Hall–Kier alpha value is -0.340. The molecule has 0 radical (unpaired) electrons. The SMILES string of the molecule is C=C(CCCC)C(CC)[N+](C)(OC)C(CCC)CCCC. The van der Waals surface area contributed by atoms with Crippen LogP contribution in [0.4, 0.5) is 0 Å². The number of unbranched alkanes of at least 4 members (excludes halogenated alkanes) is 2. The van der Waals surface area contributed by atoms with Crippen molar-refractivity contribution in [2.45, 2.75) is 97.6 Å². The fourth-order valence-electron chi connectivity index (χ4n) is 3.54. The number of hydrogen-bond donors (Lipinski definition) is 0. The van der Waals surface area contributed by atoms with Gasteiger partial charge in [0, 0.05) is 19.3 Å². The summed E-state index contributed by atoms with van der Waals surface area (Å²) in [6.07, 6.45) is 11.0. The number of quaternary nitrogens is 1. The van der Waals surface area contributed by atoms with Crippen LogP contribution in [0.2, 0.25) is 0 Å². The highest BCUT2D eigenvalue weighted by Crippen LogP contribution is 2.31. The van der Waals surface area contributed by atoms with E-state index in [0.29, 0.717) is 16.7 Å². The summed E-state index contributed by atoms with van der Waals surface area (Å²) < 4.78 is 0.715. The quantitative estimate of drug-likeness (QED) is 0.234. The highest BCUT2D eigenvalue weighted by atomic mass is 16.7. The molecule has 0 aromatic rings. The van der Waals surface area contributed by atoms with Crippen molar-refractivity contribution < 1.29 is 9.48 Å². The second kappa shape index (κ2) is 11.3. The predicted molar refractivity (Wildman–Crippen MR) is 94.2 cm³/mol. The molecule has 2 nitrogen and oxygen atoms in total. The minimum Gasteiger partial charge on any atom is -0.206 e. The monoisotopic (exact) mass is 298 g/mol. The molecule has 0 fully saturated rings. The molecule has 0 saturated carbocycles. The van der Waals surface area contributed by atoms with Gasteiger partial charge in [0.2, 0.25) is 0 Å². The zero-order valence-electron chi connectivity index (χ0n) is 15.6. The van der Waals surface area contributed by atoms with E-state index in [9.17, 15) is 0 Å². The van der Waals surface area contributed by atoms with Crippen LogP contribution in [0.25, 0.3) is 0 Å². The third-order valence-electron chi connectivity index (χ3n) is 4.96. The molecule has 0 spiro atoms. The van der Waals surface area contributed by atoms with E-state index < -0.39 is 0 Å². The van der Waals surface area contributed by atoms with Gasteiger partial charge in [0.25, 0.3) is 0 Å². The van der Waals surface area contributed by atoms with Crippen molar-refractivity contribution in [1.29, 1.82) is 0 Å². The molecule has 21 heavy (non-hydrogen) atoms. The first kappa shape index (κ1) is 20.7. The first-order valence-corrected chi connectivity index (χ1v) is 9.10. The van der Waals surface area contributed by atoms with Gasteiger partial charge >= 0.3 is 0 Å². The van der Waals surface area contributed by atoms with Crippen LogP contribution in [0.5, 0.6) is 0 Å². The zero-order chi connectivity index (χ0) is 16.3. The van der Waals surface area contributed by atoms with Gasteiger partial charge in [-0.05, 0) is 24.8 Å². The minimum absolute atomic E-state index is 0.426. The van der Waals surface area contributed by atoms with Crippen LogP contribution in [0.1, 0.15) is 85.5 Å². The van der Waals surface area contributed by atoms with Gasteiger partial charge in [0.05, 0.1) is 14.2 Å². The molecular weight excluding hydrogens is 258 g/mol. The van der Waals surface area contributed by atoms with Crippen LogP contribution in [0, 0.1) is 0 Å². The lowest BCUT2D eigenvalue weighted by Crippen LogP contribution is -2.58. The number of rotatable bonds is 13. The van der Waals surface area contributed by atoms with Crippen LogP contribution in [-0.2, 0) is 4.84 Å². The largest absolute Gasteiger partial charge is 0.206 e. The molecule has 126 valence electrons. The summed E-state index contributed by atoms with van der Waals surface area (Å²) in [4.78, 5) is 6.08. The van der Waals surface area contributed by atoms with Crippen LogP contribution in [0.15, 0.2) is 12.2 Å². The molecule has 2 heteroatoms. The van der Waals surface area contributed by atoms with Gasteiger partial charge in [0.1, 0.15) is 12.1 Å². The van der Waals surface area contributed by atoms with E-state index in [1.54, 1.807) is 0 Å². The second-order valence-corrected chi connectivity index (χ2v) is 6.51. The molecule has 0 heterocycles. The fourth-order valence-corrected chi connectivity index (χ4v) is 3.54. The molecular formula is C19H40NO+. The molecule has 0 amide bonds. The summed E-state index contributed by atoms with van der Waals surface area (Å²) in [6.45, 7) is 13.5. The summed E-state index contributed by atoms with van der Waals surface area (Å²) in [5.41, 5.74) is 1.38. The summed E-state index contributed by atoms with van der Waals surface area (Å²) in [7, 11) is 4.16. The maximum atomic E-state index is 6.08. The Bertz CT molecular complexity index is 277. The van der Waals surface area contributed by atoms with Crippen LogP contribution >= 0.6 is 0 Å². The maximum Gasteiger partial charge on any atom is 0.140 e. The lowest BCUT2D eigenvalue weighted by Gasteiger charge is -2.44. The Morgan fingerprint density at radius 2 is 1.62 bits per heavy atom. The molecule has 0 aliphatic heterocycles.